The van der Waals surface area contributed by atoms with Gasteiger partial charge >= 0.3 is 5.97 Å². The molecule has 0 N–H and O–H groups in total. The van der Waals surface area contributed by atoms with E-state index in [-0.39, 0.29) is 12.5 Å². The molecule has 0 aliphatic carbocycles. The highest BCUT2D eigenvalue weighted by molar-refractivity contribution is 7.11. The number of carbonyl (C=O) groups excluding carboxylic acids is 2. The zero-order chi connectivity index (χ0) is 16.1. The Morgan fingerprint density at radius 3 is 3.00 bits per heavy atom. The van der Waals surface area contributed by atoms with E-state index in [1.807, 2.05) is 11.4 Å². The number of hydrogen-bond acceptors (Lipinski definition) is 4. The number of amides is 1. The maximum absolute atomic E-state index is 12.8. The van der Waals surface area contributed by atoms with Gasteiger partial charge in [0, 0.05) is 23.7 Å². The standard InChI is InChI=1S/C16H18FNO3S/c1-3-21-16(20)13-10-18(14(19)5-4-11(2)17)8-6-12-7-9-22-15(12)13/h4-5,7,9-11H,3,6,8H2,1-2H3/b5-4+. The lowest BCUT2D eigenvalue weighted by molar-refractivity contribution is -0.136. The van der Waals surface area contributed by atoms with Crippen molar-refractivity contribution in [3.63, 3.8) is 0 Å². The number of carbonyl (C=O) groups is 2. The lowest BCUT2D eigenvalue weighted by Gasteiger charge is -2.15. The van der Waals surface area contributed by atoms with E-state index in [0.717, 1.165) is 10.4 Å². The van der Waals surface area contributed by atoms with E-state index in [4.69, 9.17) is 4.74 Å². The van der Waals surface area contributed by atoms with Crippen LogP contribution in [0.3, 0.4) is 0 Å². The van der Waals surface area contributed by atoms with Crippen molar-refractivity contribution in [2.75, 3.05) is 13.2 Å². The van der Waals surface area contributed by atoms with Crippen molar-refractivity contribution in [1.82, 2.24) is 4.90 Å². The molecule has 1 aromatic heterocycles. The van der Waals surface area contributed by atoms with Crippen molar-refractivity contribution >= 4 is 28.8 Å². The number of ether oxygens (including phenoxy) is 1. The Labute approximate surface area is 132 Å². The van der Waals surface area contributed by atoms with Gasteiger partial charge < -0.3 is 9.64 Å². The molecule has 0 saturated heterocycles. The highest BCUT2D eigenvalue weighted by Gasteiger charge is 2.24. The van der Waals surface area contributed by atoms with Gasteiger partial charge in [-0.25, -0.2) is 9.18 Å². The van der Waals surface area contributed by atoms with Crippen molar-refractivity contribution in [1.29, 1.82) is 0 Å². The number of halogens is 1. The number of alkyl halides is 1. The van der Waals surface area contributed by atoms with Crippen LogP contribution in [0.5, 0.6) is 0 Å². The molecule has 1 atom stereocenters. The van der Waals surface area contributed by atoms with Crippen LogP contribution in [0.1, 0.15) is 24.3 Å². The molecule has 0 radical (unpaired) electrons. The normalized spacial score (nSPS) is 16.0. The minimum atomic E-state index is -1.19. The number of esters is 1. The summed E-state index contributed by atoms with van der Waals surface area (Å²) in [6.07, 6.45) is 3.36. The van der Waals surface area contributed by atoms with Gasteiger partial charge in [0.25, 0.3) is 0 Å². The van der Waals surface area contributed by atoms with Crippen LogP contribution in [-0.4, -0.2) is 36.1 Å². The second-order valence-corrected chi connectivity index (χ2v) is 5.77. The van der Waals surface area contributed by atoms with Crippen LogP contribution in [0.15, 0.2) is 29.8 Å². The van der Waals surface area contributed by atoms with Gasteiger partial charge in [-0.05, 0) is 43.4 Å². The largest absolute Gasteiger partial charge is 0.462 e. The van der Waals surface area contributed by atoms with E-state index in [2.05, 4.69) is 0 Å². The first-order valence-electron chi connectivity index (χ1n) is 7.11. The lowest BCUT2D eigenvalue weighted by atomic mass is 10.1. The average Bonchev–Trinajstić information content (AvgIpc) is 2.86. The Kier molecular flexibility index (Phi) is 5.49. The number of rotatable bonds is 4. The topological polar surface area (TPSA) is 46.6 Å². The minimum Gasteiger partial charge on any atom is -0.462 e. The SMILES string of the molecule is CCOC(=O)C1=CN(C(=O)/C=C/C(C)F)CCc2ccsc21. The van der Waals surface area contributed by atoms with Crippen LogP contribution in [0.25, 0.3) is 5.57 Å². The molecule has 0 aromatic carbocycles. The monoisotopic (exact) mass is 323 g/mol. The summed E-state index contributed by atoms with van der Waals surface area (Å²) in [7, 11) is 0. The average molecular weight is 323 g/mol. The molecule has 0 saturated carbocycles. The molecule has 1 aliphatic rings. The zero-order valence-corrected chi connectivity index (χ0v) is 13.4. The summed E-state index contributed by atoms with van der Waals surface area (Å²) in [5, 5.41) is 1.92. The smallest absolute Gasteiger partial charge is 0.341 e. The number of hydrogen-bond donors (Lipinski definition) is 0. The summed E-state index contributed by atoms with van der Waals surface area (Å²) in [5.41, 5.74) is 1.39. The van der Waals surface area contributed by atoms with Gasteiger partial charge in [-0.3, -0.25) is 4.79 Å². The summed E-state index contributed by atoms with van der Waals surface area (Å²) >= 11 is 1.45. The van der Waals surface area contributed by atoms with Crippen molar-refractivity contribution < 1.29 is 18.7 Å². The third kappa shape index (κ3) is 3.82. The van der Waals surface area contributed by atoms with Crippen LogP contribution >= 0.6 is 11.3 Å². The van der Waals surface area contributed by atoms with Gasteiger partial charge in [0.2, 0.25) is 5.91 Å². The highest BCUT2D eigenvalue weighted by atomic mass is 32.1. The summed E-state index contributed by atoms with van der Waals surface area (Å²) in [6.45, 7) is 3.79. The Morgan fingerprint density at radius 1 is 1.55 bits per heavy atom. The van der Waals surface area contributed by atoms with E-state index in [1.54, 1.807) is 6.92 Å². The molecule has 22 heavy (non-hydrogen) atoms. The molecule has 1 unspecified atom stereocenters. The molecule has 1 aromatic rings. The van der Waals surface area contributed by atoms with Crippen molar-refractivity contribution in [3.05, 3.63) is 40.2 Å². The molecule has 0 spiro atoms. The van der Waals surface area contributed by atoms with E-state index in [9.17, 15) is 14.0 Å². The highest BCUT2D eigenvalue weighted by Crippen LogP contribution is 2.30. The third-order valence-electron chi connectivity index (χ3n) is 3.18. The van der Waals surface area contributed by atoms with E-state index >= 15 is 0 Å². The summed E-state index contributed by atoms with van der Waals surface area (Å²) < 4.78 is 17.9. The van der Waals surface area contributed by atoms with Crippen molar-refractivity contribution in [2.24, 2.45) is 0 Å². The molecule has 0 bridgehead atoms. The maximum Gasteiger partial charge on any atom is 0.341 e. The quantitative estimate of drug-likeness (QED) is 0.632. The van der Waals surface area contributed by atoms with Gasteiger partial charge in [-0.1, -0.05) is 0 Å². The zero-order valence-electron chi connectivity index (χ0n) is 12.5. The van der Waals surface area contributed by atoms with Gasteiger partial charge in [-0.15, -0.1) is 11.3 Å². The number of nitrogens with zero attached hydrogens (tertiary/aromatic N) is 1. The first-order valence-corrected chi connectivity index (χ1v) is 7.99. The number of thiophene rings is 1. The second-order valence-electron chi connectivity index (χ2n) is 4.86. The first-order chi connectivity index (χ1) is 10.5. The van der Waals surface area contributed by atoms with E-state index < -0.39 is 12.1 Å². The Morgan fingerprint density at radius 2 is 2.32 bits per heavy atom. The van der Waals surface area contributed by atoms with Crippen LogP contribution in [-0.2, 0) is 20.7 Å². The summed E-state index contributed by atoms with van der Waals surface area (Å²) in [4.78, 5) is 26.5. The second kappa shape index (κ2) is 7.35. The Balaban J connectivity index is 2.31. The fourth-order valence-corrected chi connectivity index (χ4v) is 3.08. The van der Waals surface area contributed by atoms with Crippen LogP contribution in [0, 0.1) is 0 Å². The molecule has 1 aliphatic heterocycles. The van der Waals surface area contributed by atoms with Crippen LogP contribution in [0.4, 0.5) is 4.39 Å². The van der Waals surface area contributed by atoms with Gasteiger partial charge in [-0.2, -0.15) is 0 Å². The number of fused-ring (bicyclic) bond motifs is 1. The van der Waals surface area contributed by atoms with Gasteiger partial charge in [0.05, 0.1) is 12.2 Å². The Hall–Kier alpha value is -1.95. The van der Waals surface area contributed by atoms with E-state index in [1.165, 1.54) is 41.5 Å². The van der Waals surface area contributed by atoms with Crippen LogP contribution < -0.4 is 0 Å². The van der Waals surface area contributed by atoms with Gasteiger partial charge in [0.15, 0.2) is 0 Å². The fourth-order valence-electron chi connectivity index (χ4n) is 2.13. The van der Waals surface area contributed by atoms with Gasteiger partial charge in [0.1, 0.15) is 6.17 Å². The minimum absolute atomic E-state index is 0.268. The molecule has 2 heterocycles. The molecule has 118 valence electrons. The van der Waals surface area contributed by atoms with Crippen molar-refractivity contribution in [3.8, 4) is 0 Å². The first kappa shape index (κ1) is 16.4. The molecule has 2 rings (SSSR count). The van der Waals surface area contributed by atoms with E-state index in [0.29, 0.717) is 18.5 Å². The molecule has 1 amide bonds. The van der Waals surface area contributed by atoms with Crippen molar-refractivity contribution in [2.45, 2.75) is 26.4 Å². The lowest BCUT2D eigenvalue weighted by Crippen LogP contribution is -2.26. The third-order valence-corrected chi connectivity index (χ3v) is 4.17. The fraction of sp³-hybridized carbons (Fsp3) is 0.375. The molecular formula is C16H18FNO3S. The Bertz CT molecular complexity index is 619. The number of allylic oxidation sites excluding steroid dienone is 1. The molecule has 6 heteroatoms. The summed E-state index contributed by atoms with van der Waals surface area (Å²) in [5.74, 6) is -0.796. The predicted molar refractivity (Wildman–Crippen MR) is 84.1 cm³/mol. The van der Waals surface area contributed by atoms with Crippen LogP contribution in [0.2, 0.25) is 0 Å². The molecule has 4 nitrogen and oxygen atoms in total. The maximum atomic E-state index is 12.8. The molecular weight excluding hydrogens is 305 g/mol. The summed E-state index contributed by atoms with van der Waals surface area (Å²) in [6, 6.07) is 1.94. The molecule has 0 fully saturated rings. The predicted octanol–water partition coefficient (Wildman–Crippen LogP) is 2.95.